The molecule has 1 amide bonds. The predicted molar refractivity (Wildman–Crippen MR) is 94.1 cm³/mol. The van der Waals surface area contributed by atoms with Crippen LogP contribution in [0.2, 0.25) is 0 Å². The molecule has 1 N–H and O–H groups in total. The highest BCUT2D eigenvalue weighted by molar-refractivity contribution is 5.92. The number of nitro groups is 1. The second-order valence-electron chi connectivity index (χ2n) is 6.61. The molecule has 136 valence electrons. The molecular weight excluding hydrogens is 324 g/mol. The third-order valence-corrected chi connectivity index (χ3v) is 3.91. The van der Waals surface area contributed by atoms with Crippen molar-refractivity contribution in [1.82, 2.24) is 5.32 Å². The molecule has 1 aliphatic rings. The Morgan fingerprint density at radius 3 is 2.80 bits per heavy atom. The Morgan fingerprint density at radius 1 is 1.36 bits per heavy atom. The molecule has 1 aromatic rings. The van der Waals surface area contributed by atoms with Crippen LogP contribution in [-0.2, 0) is 16.1 Å². The van der Waals surface area contributed by atoms with Gasteiger partial charge < -0.3 is 14.8 Å². The number of benzene rings is 1. The fourth-order valence-electron chi connectivity index (χ4n) is 2.57. The van der Waals surface area contributed by atoms with E-state index < -0.39 is 4.92 Å². The van der Waals surface area contributed by atoms with Crippen LogP contribution in [0.25, 0.3) is 6.08 Å². The normalized spacial score (nSPS) is 14.9. The van der Waals surface area contributed by atoms with Gasteiger partial charge in [0.15, 0.2) is 6.79 Å². The highest BCUT2D eigenvalue weighted by atomic mass is 16.7. The van der Waals surface area contributed by atoms with Gasteiger partial charge in [-0.25, -0.2) is 0 Å². The van der Waals surface area contributed by atoms with Gasteiger partial charge in [0.2, 0.25) is 5.91 Å². The van der Waals surface area contributed by atoms with E-state index in [-0.39, 0.29) is 31.0 Å². The van der Waals surface area contributed by atoms with Crippen LogP contribution in [0.1, 0.15) is 44.7 Å². The van der Waals surface area contributed by atoms with E-state index in [1.165, 1.54) is 18.2 Å². The smallest absolute Gasteiger partial charge is 0.270 e. The van der Waals surface area contributed by atoms with Crippen molar-refractivity contribution in [1.29, 1.82) is 0 Å². The van der Waals surface area contributed by atoms with Crippen LogP contribution in [-0.4, -0.2) is 23.7 Å². The summed E-state index contributed by atoms with van der Waals surface area (Å²) in [5.74, 6) is 0.878. The van der Waals surface area contributed by atoms with Gasteiger partial charge in [-0.05, 0) is 31.8 Å². The number of nitro benzene ring substituents is 1. The van der Waals surface area contributed by atoms with Crippen molar-refractivity contribution < 1.29 is 19.2 Å². The Morgan fingerprint density at radius 2 is 2.12 bits per heavy atom. The van der Waals surface area contributed by atoms with Gasteiger partial charge in [0, 0.05) is 35.4 Å². The lowest BCUT2D eigenvalue weighted by Gasteiger charge is -2.19. The van der Waals surface area contributed by atoms with Gasteiger partial charge in [0.05, 0.1) is 11.5 Å². The summed E-state index contributed by atoms with van der Waals surface area (Å²) in [7, 11) is 0. The van der Waals surface area contributed by atoms with Crippen molar-refractivity contribution in [2.45, 2.75) is 46.3 Å². The van der Waals surface area contributed by atoms with Crippen LogP contribution in [0.15, 0.2) is 18.2 Å². The van der Waals surface area contributed by atoms with Crippen LogP contribution in [0.3, 0.4) is 0 Å². The lowest BCUT2D eigenvalue weighted by molar-refractivity contribution is -0.385. The Balaban J connectivity index is 2.10. The molecule has 0 spiro atoms. The van der Waals surface area contributed by atoms with Crippen LogP contribution in [0, 0.1) is 16.0 Å². The summed E-state index contributed by atoms with van der Waals surface area (Å²) in [5.41, 5.74) is 1.04. The Kier molecular flexibility index (Phi) is 6.52. The molecule has 7 nitrogen and oxygen atoms in total. The number of fused-ring (bicyclic) bond motifs is 1. The number of non-ortho nitro benzene ring substituents is 1. The zero-order valence-corrected chi connectivity index (χ0v) is 14.8. The predicted octanol–water partition coefficient (Wildman–Crippen LogP) is 3.42. The van der Waals surface area contributed by atoms with Crippen LogP contribution >= 0.6 is 0 Å². The number of ether oxygens (including phenoxy) is 2. The number of nitrogens with one attached hydrogen (secondary N) is 1. The fourth-order valence-corrected chi connectivity index (χ4v) is 2.57. The monoisotopic (exact) mass is 348 g/mol. The maximum atomic E-state index is 12.1. The first-order valence-corrected chi connectivity index (χ1v) is 8.37. The summed E-state index contributed by atoms with van der Waals surface area (Å²) >= 11 is 0. The molecule has 0 bridgehead atoms. The van der Waals surface area contributed by atoms with E-state index in [1.807, 2.05) is 6.92 Å². The van der Waals surface area contributed by atoms with Gasteiger partial charge in [-0.1, -0.05) is 13.8 Å². The first-order chi connectivity index (χ1) is 11.9. The second kappa shape index (κ2) is 8.62. The first kappa shape index (κ1) is 18.9. The molecule has 2 rings (SSSR count). The van der Waals surface area contributed by atoms with E-state index in [4.69, 9.17) is 9.47 Å². The number of rotatable bonds is 7. The van der Waals surface area contributed by atoms with Crippen LogP contribution < -0.4 is 10.1 Å². The van der Waals surface area contributed by atoms with Gasteiger partial charge in [-0.15, -0.1) is 0 Å². The largest absolute Gasteiger partial charge is 0.467 e. The molecule has 1 aromatic carbocycles. The molecule has 1 heterocycles. The summed E-state index contributed by atoms with van der Waals surface area (Å²) < 4.78 is 10.6. The van der Waals surface area contributed by atoms with Crippen molar-refractivity contribution >= 4 is 17.7 Å². The van der Waals surface area contributed by atoms with E-state index in [2.05, 4.69) is 19.2 Å². The number of amides is 1. The minimum Gasteiger partial charge on any atom is -0.467 e. The van der Waals surface area contributed by atoms with Crippen molar-refractivity contribution in [3.63, 3.8) is 0 Å². The summed E-state index contributed by atoms with van der Waals surface area (Å²) in [4.78, 5) is 22.7. The van der Waals surface area contributed by atoms with Gasteiger partial charge >= 0.3 is 0 Å². The fraction of sp³-hybridized carbons (Fsp3) is 0.500. The average Bonchev–Trinajstić information content (AvgIpc) is 2.57. The van der Waals surface area contributed by atoms with Crippen molar-refractivity contribution in [2.75, 3.05) is 6.79 Å². The zero-order valence-electron chi connectivity index (χ0n) is 14.8. The Labute approximate surface area is 147 Å². The quantitative estimate of drug-likeness (QED) is 0.463. The van der Waals surface area contributed by atoms with Gasteiger partial charge in [-0.3, -0.25) is 14.9 Å². The SMILES string of the molecule is CC(C)CCC(C)NC(=O)/C=C/c1cc([N+](=O)[O-])cc2c1OCOC2. The minimum atomic E-state index is -0.472. The summed E-state index contributed by atoms with van der Waals surface area (Å²) in [6, 6.07) is 2.90. The van der Waals surface area contributed by atoms with Gasteiger partial charge in [0.25, 0.3) is 5.69 Å². The topological polar surface area (TPSA) is 90.7 Å². The van der Waals surface area contributed by atoms with E-state index in [1.54, 1.807) is 6.08 Å². The summed E-state index contributed by atoms with van der Waals surface area (Å²) in [6.07, 6.45) is 4.87. The molecule has 1 atom stereocenters. The highest BCUT2D eigenvalue weighted by Gasteiger charge is 2.19. The van der Waals surface area contributed by atoms with Crippen LogP contribution in [0.5, 0.6) is 5.75 Å². The van der Waals surface area contributed by atoms with E-state index >= 15 is 0 Å². The number of hydrogen-bond acceptors (Lipinski definition) is 5. The molecule has 0 aliphatic carbocycles. The number of carbonyl (C=O) groups is 1. The molecule has 0 aromatic heterocycles. The van der Waals surface area contributed by atoms with E-state index in [0.29, 0.717) is 22.8 Å². The molecular formula is C18H24N2O5. The maximum absolute atomic E-state index is 12.1. The second-order valence-corrected chi connectivity index (χ2v) is 6.61. The number of carbonyl (C=O) groups excluding carboxylic acids is 1. The standard InChI is InChI=1S/C18H24N2O5/c1-12(2)4-5-13(3)19-17(21)7-6-14-8-16(20(22)23)9-15-10-24-11-25-18(14)15/h6-9,12-13H,4-5,10-11H2,1-3H3,(H,19,21)/b7-6+. The summed E-state index contributed by atoms with van der Waals surface area (Å²) in [6.45, 7) is 6.58. The average molecular weight is 348 g/mol. The van der Waals surface area contributed by atoms with Crippen molar-refractivity contribution in [3.8, 4) is 5.75 Å². The number of hydrogen-bond donors (Lipinski definition) is 1. The molecule has 7 heteroatoms. The third kappa shape index (κ3) is 5.56. The summed E-state index contributed by atoms with van der Waals surface area (Å²) in [5, 5.41) is 14.0. The van der Waals surface area contributed by atoms with E-state index in [9.17, 15) is 14.9 Å². The molecule has 0 saturated heterocycles. The van der Waals surface area contributed by atoms with Gasteiger partial charge in [0.1, 0.15) is 5.75 Å². The lowest BCUT2D eigenvalue weighted by Crippen LogP contribution is -2.31. The Bertz CT molecular complexity index is 670. The van der Waals surface area contributed by atoms with E-state index in [0.717, 1.165) is 12.8 Å². The molecule has 0 radical (unpaired) electrons. The Hall–Kier alpha value is -2.41. The highest BCUT2D eigenvalue weighted by Crippen LogP contribution is 2.33. The molecule has 1 aliphatic heterocycles. The number of nitrogens with zero attached hydrogens (tertiary/aromatic N) is 1. The first-order valence-electron chi connectivity index (χ1n) is 8.37. The molecule has 1 unspecified atom stereocenters. The lowest BCUT2D eigenvalue weighted by atomic mass is 10.0. The van der Waals surface area contributed by atoms with Crippen molar-refractivity contribution in [2.24, 2.45) is 5.92 Å². The molecule has 0 fully saturated rings. The van der Waals surface area contributed by atoms with Crippen LogP contribution in [0.4, 0.5) is 5.69 Å². The molecule has 0 saturated carbocycles. The van der Waals surface area contributed by atoms with Gasteiger partial charge in [-0.2, -0.15) is 0 Å². The minimum absolute atomic E-state index is 0.0572. The molecule has 25 heavy (non-hydrogen) atoms. The third-order valence-electron chi connectivity index (χ3n) is 3.91. The van der Waals surface area contributed by atoms with Crippen molar-refractivity contribution in [3.05, 3.63) is 39.4 Å². The zero-order chi connectivity index (χ0) is 18.4. The maximum Gasteiger partial charge on any atom is 0.270 e.